The molecule has 2 aromatic heterocycles. The lowest BCUT2D eigenvalue weighted by Gasteiger charge is -1.93. The van der Waals surface area contributed by atoms with E-state index in [0.29, 0.717) is 5.88 Å². The number of hydrogen-bond donors (Lipinski definition) is 1. The van der Waals surface area contributed by atoms with E-state index in [1.807, 2.05) is 38.1 Å². The van der Waals surface area contributed by atoms with Crippen molar-refractivity contribution in [2.45, 2.75) is 26.3 Å². The average Bonchev–Trinajstić information content (AvgIpc) is 2.41. The normalized spacial score (nSPS) is 9.56. The van der Waals surface area contributed by atoms with E-state index in [2.05, 4.69) is 9.97 Å². The third-order valence-corrected chi connectivity index (χ3v) is 2.59. The van der Waals surface area contributed by atoms with E-state index < -0.39 is 0 Å². The summed E-state index contributed by atoms with van der Waals surface area (Å²) in [5.74, 6) is 0.549. The van der Waals surface area contributed by atoms with E-state index in [4.69, 9.17) is 16.7 Å². The van der Waals surface area contributed by atoms with Crippen molar-refractivity contribution in [3.8, 4) is 0 Å². The second kappa shape index (κ2) is 7.80. The van der Waals surface area contributed by atoms with Gasteiger partial charge in [0.05, 0.1) is 6.61 Å². The van der Waals surface area contributed by atoms with Gasteiger partial charge >= 0.3 is 0 Å². The molecule has 3 nitrogen and oxygen atoms in total. The minimum absolute atomic E-state index is 0.0767. The highest BCUT2D eigenvalue weighted by Gasteiger charge is 1.88. The first-order valence-corrected chi connectivity index (χ1v) is 6.19. The summed E-state index contributed by atoms with van der Waals surface area (Å²) in [6.45, 7) is 3.95. The molecule has 0 saturated carbocycles. The zero-order chi connectivity index (χ0) is 13.4. The van der Waals surface area contributed by atoms with E-state index >= 15 is 0 Å². The van der Waals surface area contributed by atoms with Gasteiger partial charge in [-0.1, -0.05) is 12.1 Å². The number of pyridine rings is 2. The highest BCUT2D eigenvalue weighted by molar-refractivity contribution is 6.17. The van der Waals surface area contributed by atoms with Gasteiger partial charge in [0.15, 0.2) is 0 Å². The topological polar surface area (TPSA) is 46.0 Å². The van der Waals surface area contributed by atoms with Crippen molar-refractivity contribution in [3.63, 3.8) is 0 Å². The lowest BCUT2D eigenvalue weighted by Crippen LogP contribution is -1.85. The van der Waals surface area contributed by atoms with E-state index in [9.17, 15) is 0 Å². The van der Waals surface area contributed by atoms with Gasteiger partial charge in [-0.2, -0.15) is 0 Å². The van der Waals surface area contributed by atoms with Crippen LogP contribution in [0.1, 0.15) is 22.5 Å². The molecule has 18 heavy (non-hydrogen) atoms. The second-order valence-corrected chi connectivity index (χ2v) is 4.17. The van der Waals surface area contributed by atoms with E-state index in [-0.39, 0.29) is 6.61 Å². The number of aliphatic hydroxyl groups excluding tert-OH is 1. The highest BCUT2D eigenvalue weighted by atomic mass is 35.5. The maximum absolute atomic E-state index is 8.59. The highest BCUT2D eigenvalue weighted by Crippen LogP contribution is 2.01. The number of aliphatic hydroxyl groups is 1. The molecule has 0 aliphatic carbocycles. The molecule has 0 unspecified atom stereocenters. The largest absolute Gasteiger partial charge is 0.392 e. The van der Waals surface area contributed by atoms with Crippen LogP contribution in [0.15, 0.2) is 36.7 Å². The minimum atomic E-state index is 0.0767. The van der Waals surface area contributed by atoms with Crippen LogP contribution in [-0.2, 0) is 12.5 Å². The number of aromatic nitrogens is 2. The molecule has 96 valence electrons. The Balaban J connectivity index is 0.000000180. The van der Waals surface area contributed by atoms with Crippen molar-refractivity contribution >= 4 is 11.6 Å². The summed E-state index contributed by atoms with van der Waals surface area (Å²) < 4.78 is 0. The summed E-state index contributed by atoms with van der Waals surface area (Å²) in [5, 5.41) is 8.59. The van der Waals surface area contributed by atoms with Gasteiger partial charge in [-0.15, -0.1) is 11.6 Å². The van der Waals surface area contributed by atoms with Gasteiger partial charge in [0.1, 0.15) is 0 Å². The summed E-state index contributed by atoms with van der Waals surface area (Å²) >= 11 is 5.54. The molecule has 4 heteroatoms. The predicted molar refractivity (Wildman–Crippen MR) is 73.4 cm³/mol. The molecular formula is C14H17ClN2O. The molecule has 0 saturated heterocycles. The first kappa shape index (κ1) is 14.6. The van der Waals surface area contributed by atoms with Crippen molar-refractivity contribution in [1.29, 1.82) is 0 Å². The van der Waals surface area contributed by atoms with E-state index in [1.54, 1.807) is 12.4 Å². The van der Waals surface area contributed by atoms with Gasteiger partial charge in [-0.25, -0.2) is 0 Å². The van der Waals surface area contributed by atoms with Crippen LogP contribution in [0.3, 0.4) is 0 Å². The zero-order valence-corrected chi connectivity index (χ0v) is 11.4. The van der Waals surface area contributed by atoms with Gasteiger partial charge < -0.3 is 5.11 Å². The van der Waals surface area contributed by atoms with Gasteiger partial charge in [-0.3, -0.25) is 9.97 Å². The van der Waals surface area contributed by atoms with Gasteiger partial charge in [0.25, 0.3) is 0 Å². The molecule has 0 spiro atoms. The summed E-state index contributed by atoms with van der Waals surface area (Å²) in [7, 11) is 0. The van der Waals surface area contributed by atoms with Crippen LogP contribution in [0.4, 0.5) is 0 Å². The summed E-state index contributed by atoms with van der Waals surface area (Å²) in [6, 6.07) is 7.68. The third kappa shape index (κ3) is 5.25. The van der Waals surface area contributed by atoms with E-state index in [0.717, 1.165) is 22.5 Å². The van der Waals surface area contributed by atoms with Crippen LogP contribution in [0.25, 0.3) is 0 Å². The number of halogens is 1. The number of aryl methyl sites for hydroxylation is 2. The fourth-order valence-electron chi connectivity index (χ4n) is 1.17. The molecule has 0 atom stereocenters. The van der Waals surface area contributed by atoms with Crippen LogP contribution >= 0.6 is 11.6 Å². The minimum Gasteiger partial charge on any atom is -0.392 e. The van der Waals surface area contributed by atoms with Crippen molar-refractivity contribution in [2.24, 2.45) is 0 Å². The summed E-state index contributed by atoms with van der Waals surface area (Å²) in [6.07, 6.45) is 3.47. The number of alkyl halides is 1. The Labute approximate surface area is 112 Å². The van der Waals surface area contributed by atoms with Crippen molar-refractivity contribution in [3.05, 3.63) is 59.2 Å². The Morgan fingerprint density at radius 1 is 0.944 bits per heavy atom. The molecule has 0 bridgehead atoms. The molecule has 2 heterocycles. The summed E-state index contributed by atoms with van der Waals surface area (Å²) in [4.78, 5) is 8.06. The van der Waals surface area contributed by atoms with Crippen LogP contribution in [0.2, 0.25) is 0 Å². The number of hydrogen-bond acceptors (Lipinski definition) is 3. The second-order valence-electron chi connectivity index (χ2n) is 3.91. The lowest BCUT2D eigenvalue weighted by molar-refractivity contribution is 0.281. The zero-order valence-electron chi connectivity index (χ0n) is 10.6. The Bertz CT molecular complexity index is 409. The average molecular weight is 265 g/mol. The molecule has 0 aliphatic heterocycles. The lowest BCUT2D eigenvalue weighted by atomic mass is 10.3. The molecule has 2 aromatic rings. The molecule has 0 radical (unpaired) electrons. The SMILES string of the molecule is Cc1ccc(CCl)cn1.Cc1ccc(CO)cn1. The van der Waals surface area contributed by atoms with Crippen molar-refractivity contribution in [2.75, 3.05) is 0 Å². The predicted octanol–water partition coefficient (Wildman–Crippen LogP) is 3.01. The van der Waals surface area contributed by atoms with Crippen LogP contribution in [-0.4, -0.2) is 15.1 Å². The van der Waals surface area contributed by atoms with Crippen molar-refractivity contribution < 1.29 is 5.11 Å². The quantitative estimate of drug-likeness (QED) is 0.848. The Morgan fingerprint density at radius 3 is 1.78 bits per heavy atom. The molecule has 1 N–H and O–H groups in total. The number of rotatable bonds is 2. The van der Waals surface area contributed by atoms with Gasteiger partial charge in [0, 0.05) is 29.7 Å². The first-order chi connectivity index (χ1) is 8.65. The van der Waals surface area contributed by atoms with E-state index in [1.165, 1.54) is 0 Å². The van der Waals surface area contributed by atoms with Crippen LogP contribution in [0.5, 0.6) is 0 Å². The Hall–Kier alpha value is -1.45. The first-order valence-electron chi connectivity index (χ1n) is 5.65. The smallest absolute Gasteiger partial charge is 0.0696 e. The molecule has 0 aliphatic rings. The monoisotopic (exact) mass is 264 g/mol. The fourth-order valence-corrected chi connectivity index (χ4v) is 1.33. The Kier molecular flexibility index (Phi) is 6.33. The van der Waals surface area contributed by atoms with Gasteiger partial charge in [0.2, 0.25) is 0 Å². The molecule has 2 rings (SSSR count). The molecular weight excluding hydrogens is 248 g/mol. The maximum Gasteiger partial charge on any atom is 0.0696 e. The van der Waals surface area contributed by atoms with Crippen molar-refractivity contribution in [1.82, 2.24) is 9.97 Å². The molecule has 0 fully saturated rings. The standard InChI is InChI=1S/C7H8ClN.C7H9NO/c1-6-2-3-7(4-8)5-9-6;1-6-2-3-7(5-9)4-8-6/h2-3,5H,4H2,1H3;2-4,9H,5H2,1H3. The van der Waals surface area contributed by atoms with Crippen LogP contribution in [0, 0.1) is 13.8 Å². The number of nitrogens with zero attached hydrogens (tertiary/aromatic N) is 2. The molecule has 0 aromatic carbocycles. The third-order valence-electron chi connectivity index (χ3n) is 2.28. The fraction of sp³-hybridized carbons (Fsp3) is 0.286. The van der Waals surface area contributed by atoms with Crippen LogP contribution < -0.4 is 0 Å². The Morgan fingerprint density at radius 2 is 1.44 bits per heavy atom. The maximum atomic E-state index is 8.59. The molecule has 0 amide bonds. The summed E-state index contributed by atoms with van der Waals surface area (Å²) in [5.41, 5.74) is 3.94. The van der Waals surface area contributed by atoms with Gasteiger partial charge in [-0.05, 0) is 37.1 Å².